The highest BCUT2D eigenvalue weighted by molar-refractivity contribution is 7.71. The Bertz CT molecular complexity index is 1240. The Balaban J connectivity index is 1.56. The van der Waals surface area contributed by atoms with Crippen LogP contribution in [0.25, 0.3) is 0 Å². The first kappa shape index (κ1) is 20.9. The fourth-order valence-electron chi connectivity index (χ4n) is 2.98. The lowest BCUT2D eigenvalue weighted by Crippen LogP contribution is -2.43. The summed E-state index contributed by atoms with van der Waals surface area (Å²) in [5.74, 6) is -3.88. The van der Waals surface area contributed by atoms with Gasteiger partial charge < -0.3 is 19.5 Å². The normalized spacial score (nSPS) is 35.3. The number of aromatic nitrogens is 2. The van der Waals surface area contributed by atoms with Crippen molar-refractivity contribution < 1.29 is 43.2 Å². The number of hydrogen-bond donors (Lipinski definition) is 3. The summed E-state index contributed by atoms with van der Waals surface area (Å²) in [6, 6.07) is 3.32. The number of rotatable bonds is 4. The molecule has 0 radical (unpaired) electrons. The van der Waals surface area contributed by atoms with Gasteiger partial charge in [-0.05, 0) is 25.1 Å². The number of aliphatic hydroxyl groups is 2. The van der Waals surface area contributed by atoms with Crippen LogP contribution in [0.15, 0.2) is 29.2 Å². The van der Waals surface area contributed by atoms with Crippen LogP contribution in [0.5, 0.6) is 5.75 Å². The fraction of sp³-hybridized carbons (Fsp3) is 0.412. The number of nitrogens with zero attached hydrogens (tertiary/aromatic N) is 1. The molecule has 1 unspecified atom stereocenters. The number of nitrogens with one attached hydrogen (secondary N) is 1. The van der Waals surface area contributed by atoms with Crippen molar-refractivity contribution >= 4 is 20.0 Å². The van der Waals surface area contributed by atoms with Crippen LogP contribution >= 0.6 is 20.0 Å². The van der Waals surface area contributed by atoms with Crippen molar-refractivity contribution in [3.8, 4) is 5.75 Å². The first-order valence-electron chi connectivity index (χ1n) is 9.32. The highest BCUT2D eigenvalue weighted by Gasteiger charge is 2.57. The van der Waals surface area contributed by atoms with Gasteiger partial charge in [0.25, 0.3) is 5.85 Å². The average molecular weight is 479 g/mol. The van der Waals surface area contributed by atoms with Gasteiger partial charge >= 0.3 is 13.5 Å². The van der Waals surface area contributed by atoms with E-state index in [1.54, 1.807) is 0 Å². The fourth-order valence-corrected chi connectivity index (χ4v) is 4.35. The van der Waals surface area contributed by atoms with E-state index in [0.717, 1.165) is 18.3 Å². The van der Waals surface area contributed by atoms with Crippen molar-refractivity contribution in [3.05, 3.63) is 56.5 Å². The first-order valence-corrected chi connectivity index (χ1v) is 10.7. The van der Waals surface area contributed by atoms with Crippen LogP contribution in [0, 0.1) is 17.4 Å². The number of aliphatic hydroxyl groups excluding tert-OH is 2. The number of phosphoric acid groups is 1. The van der Waals surface area contributed by atoms with Crippen LogP contribution in [-0.2, 0) is 25.0 Å². The predicted molar refractivity (Wildman–Crippen MR) is 102 cm³/mol. The van der Waals surface area contributed by atoms with Gasteiger partial charge in [0.15, 0.2) is 6.20 Å². The van der Waals surface area contributed by atoms with Crippen LogP contribution in [0.1, 0.15) is 18.7 Å². The minimum atomic E-state index is -4.42. The molecule has 3 heterocycles. The minimum absolute atomic E-state index is 0.0155. The maximum atomic E-state index is 15.4. The van der Waals surface area contributed by atoms with E-state index in [4.69, 9.17) is 31.9 Å². The molecule has 4 rings (SSSR count). The lowest BCUT2D eigenvalue weighted by atomic mass is 10.1. The third kappa shape index (κ3) is 4.10. The predicted octanol–water partition coefficient (Wildman–Crippen LogP) is 2.00. The summed E-state index contributed by atoms with van der Waals surface area (Å²) in [6.07, 6.45) is -6.39. The summed E-state index contributed by atoms with van der Waals surface area (Å²) in [4.78, 5) is 14.5. The van der Waals surface area contributed by atoms with Crippen molar-refractivity contribution in [2.45, 2.75) is 37.8 Å². The zero-order valence-corrected chi connectivity index (χ0v) is 17.5. The van der Waals surface area contributed by atoms with Gasteiger partial charge in [-0.15, -0.1) is 0 Å². The van der Waals surface area contributed by atoms with Gasteiger partial charge in [0.05, 0.1) is 7.98 Å². The number of alkyl halides is 1. The Morgan fingerprint density at radius 2 is 2.26 bits per heavy atom. The molecule has 1 aromatic heterocycles. The number of fused-ring (bicyclic) bond motifs is 1. The zero-order valence-electron chi connectivity index (χ0n) is 16.8. The standard InChI is InChI=1S/C17H17F2N2O8PS/c1-8-5-21(16(24)20-14(8)31)15-12(22)13(23)17(19,28-15)7-27-30(25)26-6-9-4-10(18)2-3-11(9)29-30/h2-5,12-13,15,22-23H,6-7H2,1H3,(H,20,24,31)/t12-,13+,15-,17-,30?/m1/s1/i15D. The molecule has 0 bridgehead atoms. The number of phosphoric ester groups is 1. The van der Waals surface area contributed by atoms with Gasteiger partial charge in [-0.3, -0.25) is 18.6 Å². The number of ether oxygens (including phenoxy) is 1. The van der Waals surface area contributed by atoms with Gasteiger partial charge in [0.2, 0.25) is 0 Å². The second-order valence-corrected chi connectivity index (χ2v) is 8.90. The maximum absolute atomic E-state index is 15.4. The molecule has 14 heteroatoms. The number of H-pyrrole nitrogens is 1. The SMILES string of the molecule is [2H][C@@]1(n2cc(C)c(=S)[nH]c2=O)O[C@](F)(COP2(=O)OCc3cc(F)ccc3O2)[C@@H](O)[C@H]1O. The summed E-state index contributed by atoms with van der Waals surface area (Å²) >= 11 is 4.91. The summed E-state index contributed by atoms with van der Waals surface area (Å²) in [5.41, 5.74) is -0.445. The van der Waals surface area contributed by atoms with Gasteiger partial charge in [-0.25, -0.2) is 18.1 Å². The van der Waals surface area contributed by atoms with Crippen LogP contribution in [0.3, 0.4) is 0 Å². The highest BCUT2D eigenvalue weighted by atomic mass is 32.1. The maximum Gasteiger partial charge on any atom is 0.530 e. The van der Waals surface area contributed by atoms with Crippen molar-refractivity contribution in [1.29, 1.82) is 0 Å². The van der Waals surface area contributed by atoms with E-state index >= 15 is 4.39 Å². The molecule has 2 aliphatic heterocycles. The molecule has 1 aromatic carbocycles. The van der Waals surface area contributed by atoms with Gasteiger partial charge in [-0.1, -0.05) is 12.2 Å². The molecule has 168 valence electrons. The van der Waals surface area contributed by atoms with E-state index in [1.807, 2.05) is 0 Å². The molecule has 0 amide bonds. The number of aryl methyl sites for hydroxylation is 1. The molecule has 2 aromatic rings. The largest absolute Gasteiger partial charge is 0.530 e. The monoisotopic (exact) mass is 479 g/mol. The summed E-state index contributed by atoms with van der Waals surface area (Å²) in [7, 11) is -4.42. The van der Waals surface area contributed by atoms with Crippen molar-refractivity contribution in [2.75, 3.05) is 6.61 Å². The summed E-state index contributed by atoms with van der Waals surface area (Å²) in [5, 5.41) is 20.5. The smallest absolute Gasteiger partial charge is 0.404 e. The van der Waals surface area contributed by atoms with Crippen LogP contribution < -0.4 is 10.2 Å². The van der Waals surface area contributed by atoms with Crippen LogP contribution in [0.2, 0.25) is 0 Å². The minimum Gasteiger partial charge on any atom is -0.404 e. The molecule has 3 N–H and O–H groups in total. The third-order valence-electron chi connectivity index (χ3n) is 4.66. The molecule has 0 spiro atoms. The Morgan fingerprint density at radius 1 is 1.52 bits per heavy atom. The number of benzene rings is 1. The molecule has 31 heavy (non-hydrogen) atoms. The van der Waals surface area contributed by atoms with Crippen LogP contribution in [-0.4, -0.2) is 44.4 Å². The Labute approximate surface area is 180 Å². The number of hydrogen-bond acceptors (Lipinski definition) is 9. The van der Waals surface area contributed by atoms with Crippen molar-refractivity contribution in [2.24, 2.45) is 0 Å². The molecular formula is C17H17F2N2O8PS. The third-order valence-corrected chi connectivity index (χ3v) is 6.39. The van der Waals surface area contributed by atoms with E-state index in [-0.39, 0.29) is 22.6 Å². The topological polar surface area (TPSA) is 132 Å². The second-order valence-electron chi connectivity index (χ2n) is 6.89. The molecule has 1 fully saturated rings. The first-order chi connectivity index (χ1) is 14.9. The molecular weight excluding hydrogens is 461 g/mol. The van der Waals surface area contributed by atoms with Gasteiger partial charge in [-0.2, -0.15) is 0 Å². The van der Waals surface area contributed by atoms with E-state index in [1.165, 1.54) is 13.0 Å². The van der Waals surface area contributed by atoms with E-state index in [9.17, 15) is 24.0 Å². The van der Waals surface area contributed by atoms with Crippen molar-refractivity contribution in [1.82, 2.24) is 9.55 Å². The highest BCUT2D eigenvalue weighted by Crippen LogP contribution is 2.55. The van der Waals surface area contributed by atoms with Crippen LogP contribution in [0.4, 0.5) is 8.78 Å². The number of halogens is 2. The molecule has 5 atom stereocenters. The second kappa shape index (κ2) is 7.85. The average Bonchev–Trinajstić information content (AvgIpc) is 2.91. The molecule has 10 nitrogen and oxygen atoms in total. The van der Waals surface area contributed by atoms with Gasteiger partial charge in [0, 0.05) is 17.3 Å². The van der Waals surface area contributed by atoms with E-state index in [2.05, 4.69) is 4.98 Å². The van der Waals surface area contributed by atoms with Gasteiger partial charge in [0.1, 0.15) is 35.0 Å². The Hall–Kier alpha value is -1.99. The number of aromatic amines is 1. The summed E-state index contributed by atoms with van der Waals surface area (Å²) in [6.45, 7) is -0.166. The Morgan fingerprint density at radius 3 is 3.00 bits per heavy atom. The Kier molecular flexibility index (Phi) is 5.29. The van der Waals surface area contributed by atoms with E-state index in [0.29, 0.717) is 10.1 Å². The quantitative estimate of drug-likeness (QED) is 0.445. The lowest BCUT2D eigenvalue weighted by molar-refractivity contribution is -0.205. The zero-order chi connectivity index (χ0) is 23.5. The van der Waals surface area contributed by atoms with Crippen molar-refractivity contribution in [3.63, 3.8) is 0 Å². The lowest BCUT2D eigenvalue weighted by Gasteiger charge is -2.28. The molecule has 2 aliphatic rings. The molecule has 0 aliphatic carbocycles. The van der Waals surface area contributed by atoms with E-state index < -0.39 is 50.2 Å². The summed E-state index contributed by atoms with van der Waals surface area (Å²) < 4.78 is 70.2. The molecule has 0 saturated carbocycles. The molecule has 1 saturated heterocycles.